The SMILES string of the molecule is CN(C)CC(=O)Nc1cc(N)c2c(c1O)C(=O)C1=C(O)[C@@]3(O)C(=O)C(C(N)=O)=C(O)[C@@H](N(C)C)[C@H]3C[C@H]1C2. The Labute approximate surface area is 218 Å². The van der Waals surface area contributed by atoms with E-state index in [1.54, 1.807) is 33.1 Å². The molecule has 1 aromatic rings. The zero-order chi connectivity index (χ0) is 28.4. The largest absolute Gasteiger partial charge is 0.510 e. The molecule has 3 aliphatic carbocycles. The molecule has 13 nitrogen and oxygen atoms in total. The van der Waals surface area contributed by atoms with Crippen LogP contribution in [0.15, 0.2) is 28.7 Å². The van der Waals surface area contributed by atoms with Crippen molar-refractivity contribution in [1.82, 2.24) is 9.80 Å². The van der Waals surface area contributed by atoms with E-state index in [9.17, 15) is 39.6 Å². The van der Waals surface area contributed by atoms with Crippen LogP contribution in [0.4, 0.5) is 11.4 Å². The van der Waals surface area contributed by atoms with Gasteiger partial charge in [-0.3, -0.25) is 24.1 Å². The molecular formula is C25H31N5O8. The van der Waals surface area contributed by atoms with Crippen LogP contribution >= 0.6 is 0 Å². The fourth-order valence-corrected chi connectivity index (χ4v) is 5.92. The molecule has 0 unspecified atom stereocenters. The summed E-state index contributed by atoms with van der Waals surface area (Å²) in [6.07, 6.45) is 0.00709. The number of aliphatic hydroxyl groups excluding tert-OH is 2. The number of nitrogen functional groups attached to an aromatic ring is 1. The summed E-state index contributed by atoms with van der Waals surface area (Å²) < 4.78 is 0. The molecule has 0 fully saturated rings. The predicted octanol–water partition coefficient (Wildman–Crippen LogP) is -0.797. The maximum Gasteiger partial charge on any atom is 0.255 e. The highest BCUT2D eigenvalue weighted by molar-refractivity contribution is 6.25. The number of carbonyl (C=O) groups is 4. The van der Waals surface area contributed by atoms with Gasteiger partial charge in [-0.25, -0.2) is 0 Å². The normalized spacial score (nSPS) is 26.9. The minimum Gasteiger partial charge on any atom is -0.510 e. The second-order valence-corrected chi connectivity index (χ2v) is 10.5. The van der Waals surface area contributed by atoms with Crippen LogP contribution in [0.2, 0.25) is 0 Å². The number of allylic oxidation sites excluding steroid dienone is 1. The molecule has 2 amide bonds. The third-order valence-electron chi connectivity index (χ3n) is 7.49. The van der Waals surface area contributed by atoms with Crippen molar-refractivity contribution in [2.75, 3.05) is 45.8 Å². The van der Waals surface area contributed by atoms with E-state index in [0.29, 0.717) is 0 Å². The van der Waals surface area contributed by atoms with Gasteiger partial charge < -0.3 is 42.1 Å². The lowest BCUT2D eigenvalue weighted by atomic mass is 9.58. The van der Waals surface area contributed by atoms with Crippen LogP contribution in [-0.4, -0.2) is 100.0 Å². The number of aliphatic hydroxyl groups is 3. The van der Waals surface area contributed by atoms with E-state index in [1.165, 1.54) is 11.0 Å². The number of phenols is 1. The summed E-state index contributed by atoms with van der Waals surface area (Å²) in [5.74, 6) is -8.04. The molecule has 1 aromatic carbocycles. The molecule has 4 rings (SSSR count). The van der Waals surface area contributed by atoms with Gasteiger partial charge in [-0.15, -0.1) is 0 Å². The number of ketones is 2. The van der Waals surface area contributed by atoms with E-state index in [-0.39, 0.29) is 47.5 Å². The highest BCUT2D eigenvalue weighted by atomic mass is 16.3. The number of nitrogens with zero attached hydrogens (tertiary/aromatic N) is 2. The first-order valence-corrected chi connectivity index (χ1v) is 11.9. The number of aromatic hydroxyl groups is 1. The maximum atomic E-state index is 13.7. The van der Waals surface area contributed by atoms with E-state index in [2.05, 4.69) is 5.32 Å². The van der Waals surface area contributed by atoms with Gasteiger partial charge >= 0.3 is 0 Å². The van der Waals surface area contributed by atoms with Crippen molar-refractivity contribution in [1.29, 1.82) is 0 Å². The Bertz CT molecular complexity index is 1350. The quantitative estimate of drug-likeness (QED) is 0.108. The van der Waals surface area contributed by atoms with E-state index in [0.717, 1.165) is 0 Å². The van der Waals surface area contributed by atoms with Crippen LogP contribution in [0.3, 0.4) is 0 Å². The van der Waals surface area contributed by atoms with Crippen LogP contribution in [0, 0.1) is 11.8 Å². The predicted molar refractivity (Wildman–Crippen MR) is 135 cm³/mol. The molecule has 0 saturated heterocycles. The molecule has 0 aliphatic heterocycles. The number of Topliss-reactive ketones (excluding diaryl/α,β-unsaturated/α-hetero) is 2. The third kappa shape index (κ3) is 3.81. The minimum atomic E-state index is -2.73. The smallest absolute Gasteiger partial charge is 0.255 e. The fraction of sp³-hybridized carbons (Fsp3) is 0.440. The molecule has 38 heavy (non-hydrogen) atoms. The number of primary amides is 1. The summed E-state index contributed by atoms with van der Waals surface area (Å²) in [5.41, 5.74) is 7.64. The van der Waals surface area contributed by atoms with Crippen LogP contribution in [0.5, 0.6) is 5.75 Å². The minimum absolute atomic E-state index is 0.00940. The van der Waals surface area contributed by atoms with Gasteiger partial charge in [0.25, 0.3) is 5.91 Å². The zero-order valence-corrected chi connectivity index (χ0v) is 21.4. The van der Waals surface area contributed by atoms with Crippen molar-refractivity contribution in [2.24, 2.45) is 17.6 Å². The number of rotatable bonds is 5. The monoisotopic (exact) mass is 529 g/mol. The third-order valence-corrected chi connectivity index (χ3v) is 7.49. The molecule has 4 atom stereocenters. The van der Waals surface area contributed by atoms with Crippen molar-refractivity contribution in [3.63, 3.8) is 0 Å². The van der Waals surface area contributed by atoms with E-state index in [1.807, 2.05) is 0 Å². The second kappa shape index (κ2) is 9.11. The maximum absolute atomic E-state index is 13.7. The highest BCUT2D eigenvalue weighted by Crippen LogP contribution is 2.53. The lowest BCUT2D eigenvalue weighted by Crippen LogP contribution is -2.63. The number of nitrogens with one attached hydrogen (secondary N) is 1. The number of hydrogen-bond acceptors (Lipinski definition) is 11. The number of fused-ring (bicyclic) bond motifs is 3. The van der Waals surface area contributed by atoms with Crippen molar-refractivity contribution in [3.8, 4) is 5.75 Å². The molecule has 13 heteroatoms. The van der Waals surface area contributed by atoms with Gasteiger partial charge in [-0.05, 0) is 58.6 Å². The van der Waals surface area contributed by atoms with Gasteiger partial charge in [0.15, 0.2) is 17.1 Å². The van der Waals surface area contributed by atoms with Crippen LogP contribution in [0.1, 0.15) is 22.3 Å². The molecule has 204 valence electrons. The second-order valence-electron chi connectivity index (χ2n) is 10.5. The number of anilines is 2. The molecule has 0 aromatic heterocycles. The topological polar surface area (TPSA) is 220 Å². The van der Waals surface area contributed by atoms with Crippen molar-refractivity contribution in [3.05, 3.63) is 39.9 Å². The summed E-state index contributed by atoms with van der Waals surface area (Å²) in [5, 5.41) is 47.2. The molecule has 0 saturated carbocycles. The summed E-state index contributed by atoms with van der Waals surface area (Å²) >= 11 is 0. The Hall–Kier alpha value is -3.94. The number of amides is 2. The summed E-state index contributed by atoms with van der Waals surface area (Å²) in [6, 6.07) is 0.254. The van der Waals surface area contributed by atoms with E-state index < -0.39 is 69.7 Å². The molecule has 3 aliphatic rings. The Morgan fingerprint density at radius 3 is 2.34 bits per heavy atom. The summed E-state index contributed by atoms with van der Waals surface area (Å²) in [4.78, 5) is 54.4. The first-order chi connectivity index (χ1) is 17.6. The number of likely N-dealkylation sites (N-methyl/N-ethyl adjacent to an activating group) is 2. The number of carbonyl (C=O) groups excluding carboxylic acids is 4. The van der Waals surface area contributed by atoms with Crippen LogP contribution in [0.25, 0.3) is 0 Å². The number of nitrogens with two attached hydrogens (primary N) is 2. The lowest BCUT2D eigenvalue weighted by molar-refractivity contribution is -0.148. The Morgan fingerprint density at radius 2 is 1.79 bits per heavy atom. The molecule has 0 radical (unpaired) electrons. The van der Waals surface area contributed by atoms with E-state index in [4.69, 9.17) is 11.5 Å². The Kier molecular flexibility index (Phi) is 6.50. The van der Waals surface area contributed by atoms with E-state index >= 15 is 0 Å². The summed E-state index contributed by atoms with van der Waals surface area (Å²) in [7, 11) is 6.45. The van der Waals surface area contributed by atoms with Gasteiger partial charge in [-0.2, -0.15) is 0 Å². The van der Waals surface area contributed by atoms with Gasteiger partial charge in [0, 0.05) is 17.2 Å². The van der Waals surface area contributed by atoms with Crippen LogP contribution < -0.4 is 16.8 Å². The van der Waals surface area contributed by atoms with Gasteiger partial charge in [0.2, 0.25) is 11.7 Å². The van der Waals surface area contributed by atoms with Gasteiger partial charge in [0.05, 0.1) is 23.8 Å². The highest BCUT2D eigenvalue weighted by Gasteiger charge is 2.63. The number of phenolic OH excluding ortho intramolecular Hbond substituents is 1. The zero-order valence-electron chi connectivity index (χ0n) is 21.4. The van der Waals surface area contributed by atoms with Crippen molar-refractivity contribution >= 4 is 34.8 Å². The molecule has 9 N–H and O–H groups in total. The molecule has 0 bridgehead atoms. The average molecular weight is 530 g/mol. The molecule has 0 heterocycles. The Balaban J connectivity index is 1.88. The lowest BCUT2D eigenvalue weighted by Gasteiger charge is -2.50. The van der Waals surface area contributed by atoms with Gasteiger partial charge in [-0.1, -0.05) is 0 Å². The first-order valence-electron chi connectivity index (χ1n) is 11.9. The molecule has 0 spiro atoms. The summed E-state index contributed by atoms with van der Waals surface area (Å²) in [6.45, 7) is -0.00940. The standard InChI is InChI=1S/C25H31N5O8/c1-29(2)8-14(31)28-13-7-12(26)10-5-9-6-11-18(30(3)4)21(34)17(24(27)37)23(36)25(11,38)22(35)15(9)20(33)16(10)19(13)32/h7,9,11,18,32,34-35,38H,5-6,8,26H2,1-4H3,(H2,27,37)(H,28,31)/t9-,11-,18+,25-/m1/s1. The average Bonchev–Trinajstić information content (AvgIpc) is 2.78. The molecular weight excluding hydrogens is 498 g/mol. The fourth-order valence-electron chi connectivity index (χ4n) is 5.92. The van der Waals surface area contributed by atoms with Crippen molar-refractivity contribution < 1.29 is 39.6 Å². The first kappa shape index (κ1) is 27.1. The van der Waals surface area contributed by atoms with Crippen LogP contribution in [-0.2, 0) is 20.8 Å². The van der Waals surface area contributed by atoms with Crippen molar-refractivity contribution in [2.45, 2.75) is 24.5 Å². The number of hydrogen-bond donors (Lipinski definition) is 7. The Morgan fingerprint density at radius 1 is 1.16 bits per heavy atom. The van der Waals surface area contributed by atoms with Gasteiger partial charge in [0.1, 0.15) is 17.1 Å². The number of benzene rings is 1.